The highest BCUT2D eigenvalue weighted by Gasteiger charge is 2.28. The second-order valence-corrected chi connectivity index (χ2v) is 11.1. The van der Waals surface area contributed by atoms with Crippen LogP contribution in [0, 0.1) is 0 Å². The summed E-state index contributed by atoms with van der Waals surface area (Å²) >= 11 is 0. The van der Waals surface area contributed by atoms with Crippen molar-refractivity contribution in [3.63, 3.8) is 0 Å². The molecular weight excluding hydrogens is 564 g/mol. The number of nitrogens with zero attached hydrogens (tertiary/aromatic N) is 2. The Hall–Kier alpha value is -4.76. The van der Waals surface area contributed by atoms with E-state index in [1.54, 1.807) is 54.6 Å². The Balaban J connectivity index is 1.67. The molecule has 0 aliphatic carbocycles. The number of nitrogens with one attached hydrogen (secondary N) is 3. The van der Waals surface area contributed by atoms with E-state index >= 15 is 0 Å². The fourth-order valence-corrected chi connectivity index (χ4v) is 5.34. The number of guanidine groups is 1. The Labute approximate surface area is 243 Å². The third kappa shape index (κ3) is 10.7. The number of aliphatic imine (C=N–C) groups is 1. The summed E-state index contributed by atoms with van der Waals surface area (Å²) in [6.07, 6.45) is 3.01. The molecule has 42 heavy (non-hydrogen) atoms. The molecule has 0 aliphatic rings. The number of anilines is 1. The SMILES string of the molecule is NC(N)=NCCC[C@H](NC(=O)CNC(=O)[C@@H](Cc1cccc(N)c1)NS(=O)(=O)Cc1ccccc1)C(=O)c1ncco1. The molecule has 2 atom stereocenters. The molecule has 0 saturated heterocycles. The van der Waals surface area contributed by atoms with Crippen LogP contribution in [0.3, 0.4) is 0 Å². The van der Waals surface area contributed by atoms with Gasteiger partial charge in [-0.25, -0.2) is 18.1 Å². The summed E-state index contributed by atoms with van der Waals surface area (Å²) in [4.78, 5) is 46.5. The molecule has 3 aromatic rings. The lowest BCUT2D eigenvalue weighted by Gasteiger charge is -2.20. The Morgan fingerprint density at radius 3 is 2.40 bits per heavy atom. The molecule has 0 unspecified atom stereocenters. The van der Waals surface area contributed by atoms with E-state index in [2.05, 4.69) is 25.3 Å². The predicted octanol–water partition coefficient (Wildman–Crippen LogP) is -0.175. The molecule has 1 aromatic heterocycles. The number of hydrogen-bond acceptors (Lipinski definition) is 9. The van der Waals surface area contributed by atoms with E-state index in [9.17, 15) is 22.8 Å². The van der Waals surface area contributed by atoms with Gasteiger partial charge in [0, 0.05) is 12.2 Å². The number of benzene rings is 2. The van der Waals surface area contributed by atoms with Crippen molar-refractivity contribution in [3.8, 4) is 0 Å². The van der Waals surface area contributed by atoms with Crippen LogP contribution in [0.1, 0.15) is 34.7 Å². The maximum absolute atomic E-state index is 13.2. The van der Waals surface area contributed by atoms with Gasteiger partial charge in [0.25, 0.3) is 5.89 Å². The summed E-state index contributed by atoms with van der Waals surface area (Å²) in [6, 6.07) is 12.9. The number of carbonyl (C=O) groups is 3. The average Bonchev–Trinajstić information content (AvgIpc) is 3.48. The first kappa shape index (κ1) is 31.8. The first-order chi connectivity index (χ1) is 20.0. The van der Waals surface area contributed by atoms with Crippen LogP contribution in [0.4, 0.5) is 5.69 Å². The van der Waals surface area contributed by atoms with Crippen LogP contribution in [-0.2, 0) is 31.8 Å². The molecule has 0 bridgehead atoms. The van der Waals surface area contributed by atoms with Crippen molar-refractivity contribution in [3.05, 3.63) is 84.1 Å². The number of aromatic nitrogens is 1. The number of rotatable bonds is 16. The van der Waals surface area contributed by atoms with Gasteiger partial charge in [-0.1, -0.05) is 42.5 Å². The molecule has 224 valence electrons. The molecule has 0 fully saturated rings. The summed E-state index contributed by atoms with van der Waals surface area (Å²) in [6.45, 7) is -0.310. The van der Waals surface area contributed by atoms with Gasteiger partial charge < -0.3 is 32.3 Å². The molecular formula is C27H34N8O6S. The number of amides is 2. The van der Waals surface area contributed by atoms with Gasteiger partial charge in [-0.3, -0.25) is 19.4 Å². The van der Waals surface area contributed by atoms with Gasteiger partial charge >= 0.3 is 0 Å². The predicted molar refractivity (Wildman–Crippen MR) is 156 cm³/mol. The van der Waals surface area contributed by atoms with E-state index in [1.807, 2.05) is 0 Å². The molecule has 2 aromatic carbocycles. The monoisotopic (exact) mass is 598 g/mol. The van der Waals surface area contributed by atoms with E-state index in [0.717, 1.165) is 0 Å². The Morgan fingerprint density at radius 1 is 1.00 bits per heavy atom. The maximum atomic E-state index is 13.2. The lowest BCUT2D eigenvalue weighted by molar-refractivity contribution is -0.127. The molecule has 0 radical (unpaired) electrons. The lowest BCUT2D eigenvalue weighted by Crippen LogP contribution is -2.51. The van der Waals surface area contributed by atoms with E-state index in [0.29, 0.717) is 23.2 Å². The summed E-state index contributed by atoms with van der Waals surface area (Å²) in [5.74, 6) is -2.65. The van der Waals surface area contributed by atoms with E-state index in [1.165, 1.54) is 12.5 Å². The van der Waals surface area contributed by atoms with E-state index in [4.69, 9.17) is 21.6 Å². The first-order valence-electron chi connectivity index (χ1n) is 13.0. The zero-order chi connectivity index (χ0) is 30.5. The van der Waals surface area contributed by atoms with E-state index in [-0.39, 0.29) is 37.0 Å². The van der Waals surface area contributed by atoms with Crippen molar-refractivity contribution in [2.24, 2.45) is 16.5 Å². The maximum Gasteiger partial charge on any atom is 0.265 e. The van der Waals surface area contributed by atoms with Crippen LogP contribution in [0.15, 0.2) is 76.5 Å². The van der Waals surface area contributed by atoms with Gasteiger partial charge in [0.2, 0.25) is 27.6 Å². The minimum absolute atomic E-state index is 0.0252. The van der Waals surface area contributed by atoms with Crippen molar-refractivity contribution < 1.29 is 27.2 Å². The fourth-order valence-electron chi connectivity index (χ4n) is 4.00. The number of sulfonamides is 1. The summed E-state index contributed by atoms with van der Waals surface area (Å²) in [7, 11) is -3.96. The molecule has 15 heteroatoms. The minimum Gasteiger partial charge on any atom is -0.442 e. The van der Waals surface area contributed by atoms with Crippen molar-refractivity contribution in [2.75, 3.05) is 18.8 Å². The second kappa shape index (κ2) is 15.3. The Kier molecular flexibility index (Phi) is 11.6. The van der Waals surface area contributed by atoms with Crippen LogP contribution in [0.2, 0.25) is 0 Å². The average molecular weight is 599 g/mol. The zero-order valence-electron chi connectivity index (χ0n) is 22.7. The van der Waals surface area contributed by atoms with Gasteiger partial charge in [-0.05, 0) is 42.5 Å². The van der Waals surface area contributed by atoms with Gasteiger partial charge in [-0.2, -0.15) is 0 Å². The Morgan fingerprint density at radius 2 is 1.74 bits per heavy atom. The molecule has 3 rings (SSSR count). The smallest absolute Gasteiger partial charge is 0.265 e. The van der Waals surface area contributed by atoms with Crippen molar-refractivity contribution >= 4 is 39.3 Å². The molecule has 14 nitrogen and oxygen atoms in total. The number of nitrogen functional groups attached to an aromatic ring is 1. The third-order valence-corrected chi connectivity index (χ3v) is 7.25. The molecule has 0 saturated carbocycles. The standard InChI is InChI=1S/C27H34N8O6S/c28-20-9-4-8-19(14-20)15-22(35-42(39,40)17-18-6-2-1-3-7-18)25(38)33-16-23(36)34-21(10-5-11-32-27(29)30)24(37)26-31-12-13-41-26/h1-4,6-9,12-14,21-22,35H,5,10-11,15-17,28H2,(H,33,38)(H,34,36)(H4,29,30,32)/t21-,22+/m0/s1. The number of nitrogens with two attached hydrogens (primary N) is 3. The van der Waals surface area contributed by atoms with Gasteiger partial charge in [0.05, 0.1) is 24.5 Å². The zero-order valence-corrected chi connectivity index (χ0v) is 23.5. The highest BCUT2D eigenvalue weighted by molar-refractivity contribution is 7.88. The van der Waals surface area contributed by atoms with Crippen molar-refractivity contribution in [1.82, 2.24) is 20.3 Å². The van der Waals surface area contributed by atoms with Crippen LogP contribution in [0.5, 0.6) is 0 Å². The first-order valence-corrected chi connectivity index (χ1v) is 14.6. The molecule has 0 spiro atoms. The van der Waals surface area contributed by atoms with Crippen LogP contribution < -0.4 is 32.6 Å². The number of hydrogen-bond donors (Lipinski definition) is 6. The van der Waals surface area contributed by atoms with Gasteiger partial charge in [0.15, 0.2) is 5.96 Å². The van der Waals surface area contributed by atoms with Crippen LogP contribution in [-0.4, -0.2) is 62.1 Å². The molecule has 1 heterocycles. The quantitative estimate of drug-likeness (QED) is 0.0418. The van der Waals surface area contributed by atoms with Crippen LogP contribution in [0.25, 0.3) is 0 Å². The number of Topliss-reactive ketones (excluding diaryl/α,β-unsaturated/α-hetero) is 1. The lowest BCUT2D eigenvalue weighted by atomic mass is 10.1. The highest BCUT2D eigenvalue weighted by Crippen LogP contribution is 2.12. The fraction of sp³-hybridized carbons (Fsp3) is 0.296. The number of carbonyl (C=O) groups excluding carboxylic acids is 3. The van der Waals surface area contributed by atoms with E-state index < -0.39 is 46.2 Å². The topological polar surface area (TPSA) is 238 Å². The number of oxazole rings is 1. The number of ketones is 1. The van der Waals surface area contributed by atoms with Crippen LogP contribution >= 0.6 is 0 Å². The highest BCUT2D eigenvalue weighted by atomic mass is 32.2. The Bertz CT molecular complexity index is 1480. The largest absolute Gasteiger partial charge is 0.442 e. The van der Waals surface area contributed by atoms with Crippen molar-refractivity contribution in [2.45, 2.75) is 37.1 Å². The normalized spacial score (nSPS) is 12.6. The minimum atomic E-state index is -3.96. The van der Waals surface area contributed by atoms with Gasteiger partial charge in [0.1, 0.15) is 12.3 Å². The summed E-state index contributed by atoms with van der Waals surface area (Å²) < 4.78 is 33.4. The molecule has 9 N–H and O–H groups in total. The summed E-state index contributed by atoms with van der Waals surface area (Å²) in [5.41, 5.74) is 18.1. The summed E-state index contributed by atoms with van der Waals surface area (Å²) in [5, 5.41) is 5.01. The molecule has 0 aliphatic heterocycles. The molecule has 2 amide bonds. The van der Waals surface area contributed by atoms with Gasteiger partial charge in [-0.15, -0.1) is 0 Å². The van der Waals surface area contributed by atoms with Crippen molar-refractivity contribution in [1.29, 1.82) is 0 Å². The second-order valence-electron chi connectivity index (χ2n) is 9.35. The third-order valence-electron chi connectivity index (χ3n) is 5.89.